The number of halogens is 1. The second-order valence-electron chi connectivity index (χ2n) is 9.14. The number of hydrogen-bond donors (Lipinski definition) is 1. The van der Waals surface area contributed by atoms with E-state index >= 15 is 0 Å². The zero-order valence-corrected chi connectivity index (χ0v) is 18.1. The van der Waals surface area contributed by atoms with Crippen LogP contribution in [-0.2, 0) is 14.3 Å². The molecule has 5 heteroatoms. The number of ether oxygens (including phenoxy) is 2. The van der Waals surface area contributed by atoms with Crippen LogP contribution in [0.15, 0.2) is 28.7 Å². The van der Waals surface area contributed by atoms with Crippen molar-refractivity contribution in [3.8, 4) is 0 Å². The molecule has 5 atom stereocenters. The molecular formula is C22H30BrNO3. The Labute approximate surface area is 170 Å². The molecule has 1 unspecified atom stereocenters. The van der Waals surface area contributed by atoms with Gasteiger partial charge in [-0.3, -0.25) is 4.79 Å². The number of nitrogens with one attached hydrogen (secondary N) is 1. The lowest BCUT2D eigenvalue weighted by molar-refractivity contribution is -0.137. The lowest BCUT2D eigenvalue weighted by atomic mass is 9.59. The standard InChI is InChI=1S/C22H30BrNO3/c1-21(2)15-12-17-19(14-5-4-6-16(23)11-14)27-10-8-22(17,13-15)20(21)24-18(25)7-9-26-3/h4-6,11,15,17,19-20H,7-10,12-13H2,1-3H3,(H,24,25)/t15-,17-,19-,20-,22?/m1/s1. The highest BCUT2D eigenvalue weighted by atomic mass is 79.9. The molecule has 1 saturated heterocycles. The van der Waals surface area contributed by atoms with E-state index in [9.17, 15) is 4.79 Å². The number of fused-ring (bicyclic) bond motifs is 1. The minimum absolute atomic E-state index is 0.112. The van der Waals surface area contributed by atoms with E-state index in [0.29, 0.717) is 24.9 Å². The van der Waals surface area contributed by atoms with E-state index in [-0.39, 0.29) is 28.9 Å². The molecule has 4 rings (SSSR count). The molecule has 1 aliphatic heterocycles. The lowest BCUT2D eigenvalue weighted by Gasteiger charge is -2.53. The van der Waals surface area contributed by atoms with Crippen molar-refractivity contribution in [3.63, 3.8) is 0 Å². The number of hydrogen-bond acceptors (Lipinski definition) is 3. The summed E-state index contributed by atoms with van der Waals surface area (Å²) in [4.78, 5) is 12.6. The molecule has 1 amide bonds. The van der Waals surface area contributed by atoms with Crippen LogP contribution in [0, 0.1) is 22.7 Å². The summed E-state index contributed by atoms with van der Waals surface area (Å²) in [6, 6.07) is 8.72. The number of amides is 1. The van der Waals surface area contributed by atoms with Crippen molar-refractivity contribution in [1.82, 2.24) is 5.32 Å². The van der Waals surface area contributed by atoms with Crippen molar-refractivity contribution in [2.75, 3.05) is 20.3 Å². The largest absolute Gasteiger partial charge is 0.384 e. The maximum Gasteiger partial charge on any atom is 0.222 e. The highest BCUT2D eigenvalue weighted by molar-refractivity contribution is 9.10. The quantitative estimate of drug-likeness (QED) is 0.740. The summed E-state index contributed by atoms with van der Waals surface area (Å²) in [5.74, 6) is 1.21. The molecule has 27 heavy (non-hydrogen) atoms. The first-order valence-electron chi connectivity index (χ1n) is 10.0. The average molecular weight is 436 g/mol. The first kappa shape index (κ1) is 19.4. The predicted molar refractivity (Wildman–Crippen MR) is 108 cm³/mol. The monoisotopic (exact) mass is 435 g/mol. The molecule has 3 aliphatic rings. The molecule has 2 bridgehead atoms. The fraction of sp³-hybridized carbons (Fsp3) is 0.682. The molecule has 1 heterocycles. The second kappa shape index (κ2) is 7.16. The Morgan fingerprint density at radius 1 is 1.41 bits per heavy atom. The number of methoxy groups -OCH3 is 1. The van der Waals surface area contributed by atoms with E-state index in [1.807, 2.05) is 0 Å². The van der Waals surface area contributed by atoms with Gasteiger partial charge in [0, 0.05) is 30.7 Å². The molecular weight excluding hydrogens is 406 g/mol. The van der Waals surface area contributed by atoms with Crippen LogP contribution in [0.5, 0.6) is 0 Å². The molecule has 2 aliphatic carbocycles. The fourth-order valence-electron chi connectivity index (χ4n) is 6.23. The van der Waals surface area contributed by atoms with Crippen LogP contribution in [0.3, 0.4) is 0 Å². The van der Waals surface area contributed by atoms with E-state index in [4.69, 9.17) is 9.47 Å². The first-order chi connectivity index (χ1) is 12.9. The van der Waals surface area contributed by atoms with Gasteiger partial charge >= 0.3 is 0 Å². The maximum absolute atomic E-state index is 12.6. The lowest BCUT2D eigenvalue weighted by Crippen LogP contribution is -2.59. The van der Waals surface area contributed by atoms with Crippen molar-refractivity contribution in [2.45, 2.75) is 51.7 Å². The molecule has 1 aromatic carbocycles. The van der Waals surface area contributed by atoms with Crippen LogP contribution in [0.25, 0.3) is 0 Å². The molecule has 0 radical (unpaired) electrons. The smallest absolute Gasteiger partial charge is 0.222 e. The summed E-state index contributed by atoms with van der Waals surface area (Å²) >= 11 is 3.60. The van der Waals surface area contributed by atoms with Crippen LogP contribution in [0.1, 0.15) is 51.2 Å². The van der Waals surface area contributed by atoms with Gasteiger partial charge in [0.1, 0.15) is 0 Å². The third-order valence-electron chi connectivity index (χ3n) is 7.52. The number of rotatable bonds is 5. The van der Waals surface area contributed by atoms with E-state index < -0.39 is 0 Å². The van der Waals surface area contributed by atoms with Gasteiger partial charge in [0.2, 0.25) is 5.91 Å². The number of carbonyl (C=O) groups excluding carboxylic acids is 1. The van der Waals surface area contributed by atoms with Crippen molar-refractivity contribution < 1.29 is 14.3 Å². The molecule has 4 nitrogen and oxygen atoms in total. The van der Waals surface area contributed by atoms with Crippen LogP contribution in [0.2, 0.25) is 0 Å². The van der Waals surface area contributed by atoms with E-state index in [2.05, 4.69) is 59.4 Å². The SMILES string of the molecule is COCCC(=O)N[C@@H]1C(C)(C)[C@@H]2C[C@@H]3[C@@H](c4cccc(Br)c4)OCCC31C2. The third kappa shape index (κ3) is 3.16. The maximum atomic E-state index is 12.6. The number of carbonyl (C=O) groups is 1. The zero-order chi connectivity index (χ0) is 19.2. The van der Waals surface area contributed by atoms with Gasteiger partial charge in [-0.2, -0.15) is 0 Å². The van der Waals surface area contributed by atoms with Gasteiger partial charge in [-0.15, -0.1) is 0 Å². The highest BCUT2D eigenvalue weighted by Gasteiger charge is 2.68. The van der Waals surface area contributed by atoms with Gasteiger partial charge in [-0.1, -0.05) is 41.9 Å². The van der Waals surface area contributed by atoms with Gasteiger partial charge in [-0.05, 0) is 59.6 Å². The van der Waals surface area contributed by atoms with Crippen molar-refractivity contribution in [1.29, 1.82) is 0 Å². The van der Waals surface area contributed by atoms with Gasteiger partial charge in [0.05, 0.1) is 12.7 Å². The van der Waals surface area contributed by atoms with E-state index in [0.717, 1.165) is 17.5 Å². The van der Waals surface area contributed by atoms with Gasteiger partial charge < -0.3 is 14.8 Å². The summed E-state index contributed by atoms with van der Waals surface area (Å²) in [6.45, 7) is 5.92. The van der Waals surface area contributed by atoms with Crippen LogP contribution >= 0.6 is 15.9 Å². The molecule has 1 N–H and O–H groups in total. The molecule has 1 aromatic rings. The highest BCUT2D eigenvalue weighted by Crippen LogP contribution is 2.70. The second-order valence-corrected chi connectivity index (χ2v) is 10.1. The fourth-order valence-corrected chi connectivity index (χ4v) is 6.65. The Morgan fingerprint density at radius 2 is 2.22 bits per heavy atom. The third-order valence-corrected chi connectivity index (χ3v) is 8.01. The summed E-state index contributed by atoms with van der Waals surface area (Å²) in [5, 5.41) is 3.42. The Kier molecular flexibility index (Phi) is 5.15. The van der Waals surface area contributed by atoms with Gasteiger partial charge in [0.25, 0.3) is 0 Å². The Hall–Kier alpha value is -0.910. The summed E-state index contributed by atoms with van der Waals surface area (Å²) < 4.78 is 12.5. The average Bonchev–Trinajstić information content (AvgIpc) is 3.12. The Bertz CT molecular complexity index is 721. The molecule has 1 spiro atoms. The van der Waals surface area contributed by atoms with Gasteiger partial charge in [0.15, 0.2) is 0 Å². The van der Waals surface area contributed by atoms with Crippen molar-refractivity contribution >= 4 is 21.8 Å². The molecule has 148 valence electrons. The van der Waals surface area contributed by atoms with E-state index in [1.165, 1.54) is 18.4 Å². The Balaban J connectivity index is 1.63. The summed E-state index contributed by atoms with van der Waals surface area (Å²) in [7, 11) is 1.64. The van der Waals surface area contributed by atoms with Crippen LogP contribution in [-0.4, -0.2) is 32.3 Å². The number of benzene rings is 1. The molecule has 2 saturated carbocycles. The van der Waals surface area contributed by atoms with Gasteiger partial charge in [-0.25, -0.2) is 0 Å². The zero-order valence-electron chi connectivity index (χ0n) is 16.5. The summed E-state index contributed by atoms with van der Waals surface area (Å²) in [6.07, 6.45) is 3.98. The normalized spacial score (nSPS) is 36.4. The van der Waals surface area contributed by atoms with Crippen molar-refractivity contribution in [3.05, 3.63) is 34.3 Å². The Morgan fingerprint density at radius 3 is 2.96 bits per heavy atom. The first-order valence-corrected chi connectivity index (χ1v) is 10.8. The molecule has 3 fully saturated rings. The van der Waals surface area contributed by atoms with Crippen LogP contribution in [0.4, 0.5) is 0 Å². The minimum Gasteiger partial charge on any atom is -0.384 e. The van der Waals surface area contributed by atoms with E-state index in [1.54, 1.807) is 7.11 Å². The summed E-state index contributed by atoms with van der Waals surface area (Å²) in [5.41, 5.74) is 1.52. The minimum atomic E-state index is 0.112. The molecule has 0 aromatic heterocycles. The van der Waals surface area contributed by atoms with Crippen molar-refractivity contribution in [2.24, 2.45) is 22.7 Å². The topological polar surface area (TPSA) is 47.6 Å². The predicted octanol–water partition coefficient (Wildman–Crippen LogP) is 4.48. The van der Waals surface area contributed by atoms with Crippen LogP contribution < -0.4 is 5.32 Å².